The molecular weight excluding hydrogens is 371 g/mol. The fourth-order valence-electron chi connectivity index (χ4n) is 3.95. The van der Waals surface area contributed by atoms with Gasteiger partial charge in [-0.3, -0.25) is 0 Å². The molecule has 5 nitrogen and oxygen atoms in total. The molecule has 0 bridgehead atoms. The molecule has 6 heteroatoms. The molecule has 1 aliphatic heterocycles. The molecule has 0 N–H and O–H groups in total. The van der Waals surface area contributed by atoms with E-state index in [1.54, 1.807) is 6.07 Å². The quantitative estimate of drug-likeness (QED) is 0.418. The highest BCUT2D eigenvalue weighted by atomic mass is 19.1. The number of aromatic nitrogens is 1. The van der Waals surface area contributed by atoms with Crippen LogP contribution in [0.3, 0.4) is 0 Å². The van der Waals surface area contributed by atoms with E-state index in [-0.39, 0.29) is 5.82 Å². The molecule has 0 saturated carbocycles. The predicted molar refractivity (Wildman–Crippen MR) is 109 cm³/mol. The molecular formula is C23H25FN2O3. The molecule has 0 unspecified atom stereocenters. The first-order chi connectivity index (χ1) is 14.2. The van der Waals surface area contributed by atoms with E-state index in [0.717, 1.165) is 67.6 Å². The number of likely N-dealkylation sites (tertiary alicyclic amines) is 1. The third kappa shape index (κ3) is 4.82. The van der Waals surface area contributed by atoms with E-state index >= 15 is 0 Å². The Morgan fingerprint density at radius 3 is 2.72 bits per heavy atom. The normalized spacial score (nSPS) is 15.6. The predicted octanol–water partition coefficient (Wildman–Crippen LogP) is 4.36. The van der Waals surface area contributed by atoms with Gasteiger partial charge in [-0.1, -0.05) is 17.3 Å². The van der Waals surface area contributed by atoms with Crippen molar-refractivity contribution in [1.82, 2.24) is 10.1 Å². The summed E-state index contributed by atoms with van der Waals surface area (Å²) in [6.45, 7) is 3.69. The number of aldehydes is 1. The first kappa shape index (κ1) is 19.6. The SMILES string of the molecule is O=CCc1ccc(OCCCN2CCC(c3onc4cc(F)ccc34)CC2)cc1. The van der Waals surface area contributed by atoms with Crippen LogP contribution in [-0.4, -0.2) is 42.6 Å². The summed E-state index contributed by atoms with van der Waals surface area (Å²) in [5.41, 5.74) is 1.60. The Kier molecular flexibility index (Phi) is 6.20. The molecule has 1 saturated heterocycles. The molecule has 2 heterocycles. The zero-order chi connectivity index (χ0) is 20.1. The summed E-state index contributed by atoms with van der Waals surface area (Å²) in [5, 5.41) is 4.94. The highest BCUT2D eigenvalue weighted by Gasteiger charge is 2.25. The summed E-state index contributed by atoms with van der Waals surface area (Å²) in [4.78, 5) is 13.0. The minimum absolute atomic E-state index is 0.286. The van der Waals surface area contributed by atoms with Crippen molar-refractivity contribution in [2.45, 2.75) is 31.6 Å². The molecule has 4 rings (SSSR count). The minimum atomic E-state index is -0.286. The van der Waals surface area contributed by atoms with E-state index in [1.165, 1.54) is 12.1 Å². The molecule has 0 atom stereocenters. The average Bonchev–Trinajstić information content (AvgIpc) is 3.16. The van der Waals surface area contributed by atoms with Gasteiger partial charge in [-0.15, -0.1) is 0 Å². The lowest BCUT2D eigenvalue weighted by atomic mass is 9.92. The summed E-state index contributed by atoms with van der Waals surface area (Å²) < 4.78 is 24.7. The van der Waals surface area contributed by atoms with Crippen molar-refractivity contribution in [1.29, 1.82) is 0 Å². The van der Waals surface area contributed by atoms with Crippen molar-refractivity contribution >= 4 is 17.2 Å². The second-order valence-electron chi connectivity index (χ2n) is 7.54. The number of halogens is 1. The van der Waals surface area contributed by atoms with E-state index in [0.29, 0.717) is 24.5 Å². The van der Waals surface area contributed by atoms with Crippen LogP contribution in [-0.2, 0) is 11.2 Å². The van der Waals surface area contributed by atoms with Crippen molar-refractivity contribution in [3.05, 3.63) is 59.6 Å². The Morgan fingerprint density at radius 2 is 1.97 bits per heavy atom. The number of carbonyl (C=O) groups excluding carboxylic acids is 1. The third-order valence-corrected chi connectivity index (χ3v) is 5.56. The zero-order valence-corrected chi connectivity index (χ0v) is 16.4. The number of fused-ring (bicyclic) bond motifs is 1. The highest BCUT2D eigenvalue weighted by molar-refractivity contribution is 5.80. The van der Waals surface area contributed by atoms with Crippen LogP contribution >= 0.6 is 0 Å². The monoisotopic (exact) mass is 396 g/mol. The van der Waals surface area contributed by atoms with Gasteiger partial charge < -0.3 is 19.0 Å². The second-order valence-corrected chi connectivity index (χ2v) is 7.54. The molecule has 0 radical (unpaired) electrons. The first-order valence-electron chi connectivity index (χ1n) is 10.2. The summed E-state index contributed by atoms with van der Waals surface area (Å²) in [6, 6.07) is 12.3. The van der Waals surface area contributed by atoms with Gasteiger partial charge in [0.25, 0.3) is 0 Å². The smallest absolute Gasteiger partial charge is 0.147 e. The number of carbonyl (C=O) groups is 1. The number of piperidine rings is 1. The summed E-state index contributed by atoms with van der Waals surface area (Å²) in [5.74, 6) is 1.78. The Hall–Kier alpha value is -2.73. The number of rotatable bonds is 8. The summed E-state index contributed by atoms with van der Waals surface area (Å²) in [7, 11) is 0. The van der Waals surface area contributed by atoms with Crippen molar-refractivity contribution in [3.63, 3.8) is 0 Å². The van der Waals surface area contributed by atoms with Gasteiger partial charge in [0.2, 0.25) is 0 Å². The third-order valence-electron chi connectivity index (χ3n) is 5.56. The van der Waals surface area contributed by atoms with E-state index in [4.69, 9.17) is 9.26 Å². The fraction of sp³-hybridized carbons (Fsp3) is 0.391. The lowest BCUT2D eigenvalue weighted by molar-refractivity contribution is -0.107. The van der Waals surface area contributed by atoms with Crippen molar-refractivity contribution in [3.8, 4) is 5.75 Å². The van der Waals surface area contributed by atoms with Crippen LogP contribution in [0, 0.1) is 5.82 Å². The second kappa shape index (κ2) is 9.18. The van der Waals surface area contributed by atoms with Crippen LogP contribution in [0.2, 0.25) is 0 Å². The van der Waals surface area contributed by atoms with Crippen molar-refractivity contribution in [2.75, 3.05) is 26.2 Å². The lowest BCUT2D eigenvalue weighted by Crippen LogP contribution is -2.34. The lowest BCUT2D eigenvalue weighted by Gasteiger charge is -2.30. The molecule has 152 valence electrons. The summed E-state index contributed by atoms with van der Waals surface area (Å²) >= 11 is 0. The number of hydrogen-bond acceptors (Lipinski definition) is 5. The maximum atomic E-state index is 13.3. The molecule has 3 aromatic rings. The molecule has 0 amide bonds. The van der Waals surface area contributed by atoms with Crippen LogP contribution in [0.15, 0.2) is 47.0 Å². The van der Waals surface area contributed by atoms with Gasteiger partial charge >= 0.3 is 0 Å². The Morgan fingerprint density at radius 1 is 1.17 bits per heavy atom. The van der Waals surface area contributed by atoms with Gasteiger partial charge in [0, 0.05) is 30.3 Å². The van der Waals surface area contributed by atoms with Gasteiger partial charge in [0.1, 0.15) is 29.1 Å². The molecule has 1 aliphatic rings. The van der Waals surface area contributed by atoms with E-state index in [2.05, 4.69) is 10.1 Å². The van der Waals surface area contributed by atoms with Crippen molar-refractivity contribution < 1.29 is 18.4 Å². The van der Waals surface area contributed by atoms with Gasteiger partial charge in [-0.05, 0) is 62.2 Å². The van der Waals surface area contributed by atoms with Gasteiger partial charge in [-0.25, -0.2) is 4.39 Å². The maximum Gasteiger partial charge on any atom is 0.147 e. The molecule has 1 fully saturated rings. The highest BCUT2D eigenvalue weighted by Crippen LogP contribution is 2.33. The Balaban J connectivity index is 1.20. The van der Waals surface area contributed by atoms with E-state index < -0.39 is 0 Å². The fourth-order valence-corrected chi connectivity index (χ4v) is 3.95. The molecule has 1 aromatic heterocycles. The first-order valence-corrected chi connectivity index (χ1v) is 10.2. The van der Waals surface area contributed by atoms with Crippen molar-refractivity contribution in [2.24, 2.45) is 0 Å². The largest absolute Gasteiger partial charge is 0.494 e. The molecule has 0 aliphatic carbocycles. The zero-order valence-electron chi connectivity index (χ0n) is 16.4. The maximum absolute atomic E-state index is 13.3. The standard InChI is InChI=1S/C23H25FN2O3/c24-19-4-7-21-22(16-19)25-29-23(21)18-8-12-26(13-9-18)11-1-15-28-20-5-2-17(3-6-20)10-14-27/h2-7,14,16,18H,1,8-13,15H2. The van der Waals surface area contributed by atoms with E-state index in [9.17, 15) is 9.18 Å². The molecule has 0 spiro atoms. The van der Waals surface area contributed by atoms with Crippen LogP contribution in [0.1, 0.15) is 36.5 Å². The topological polar surface area (TPSA) is 55.6 Å². The van der Waals surface area contributed by atoms with Crippen LogP contribution in [0.25, 0.3) is 10.9 Å². The Labute approximate surface area is 169 Å². The molecule has 29 heavy (non-hydrogen) atoms. The molecule has 2 aromatic carbocycles. The van der Waals surface area contributed by atoms with E-state index in [1.807, 2.05) is 24.3 Å². The Bertz CT molecular complexity index is 946. The number of ether oxygens (including phenoxy) is 1. The van der Waals surface area contributed by atoms with Crippen LogP contribution in [0.5, 0.6) is 5.75 Å². The van der Waals surface area contributed by atoms with Gasteiger partial charge in [0.15, 0.2) is 0 Å². The van der Waals surface area contributed by atoms with Gasteiger partial charge in [0.05, 0.1) is 6.61 Å². The van der Waals surface area contributed by atoms with Crippen LogP contribution in [0.4, 0.5) is 4.39 Å². The number of nitrogens with zero attached hydrogens (tertiary/aromatic N) is 2. The summed E-state index contributed by atoms with van der Waals surface area (Å²) in [6.07, 6.45) is 4.34. The minimum Gasteiger partial charge on any atom is -0.494 e. The van der Waals surface area contributed by atoms with Crippen LogP contribution < -0.4 is 4.74 Å². The number of hydrogen-bond donors (Lipinski definition) is 0. The number of benzene rings is 2. The van der Waals surface area contributed by atoms with Gasteiger partial charge in [-0.2, -0.15) is 0 Å². The average molecular weight is 396 g/mol.